The Morgan fingerprint density at radius 2 is 1.95 bits per heavy atom. The summed E-state index contributed by atoms with van der Waals surface area (Å²) in [6.07, 6.45) is -4.14. The fourth-order valence-corrected chi connectivity index (χ4v) is 2.26. The predicted octanol–water partition coefficient (Wildman–Crippen LogP) is 2.90. The summed E-state index contributed by atoms with van der Waals surface area (Å²) in [5, 5.41) is 7.43. The minimum atomic E-state index is -4.09. The third-order valence-corrected chi connectivity index (χ3v) is 3.38. The Labute approximate surface area is 112 Å². The van der Waals surface area contributed by atoms with Crippen molar-refractivity contribution < 1.29 is 13.2 Å². The quantitative estimate of drug-likeness (QED) is 0.866. The van der Waals surface area contributed by atoms with Crippen molar-refractivity contribution in [2.45, 2.75) is 52.3 Å². The van der Waals surface area contributed by atoms with E-state index in [1.807, 2.05) is 27.8 Å². The largest absolute Gasteiger partial charge is 0.389 e. The molecule has 0 radical (unpaired) electrons. The maximum absolute atomic E-state index is 12.3. The number of nitrogens with one attached hydrogen (secondary N) is 1. The summed E-state index contributed by atoms with van der Waals surface area (Å²) in [6, 6.07) is -0.159. The van der Waals surface area contributed by atoms with E-state index >= 15 is 0 Å². The van der Waals surface area contributed by atoms with Crippen LogP contribution in [0.15, 0.2) is 0 Å². The number of rotatable bonds is 6. The Morgan fingerprint density at radius 3 is 2.37 bits per heavy atom. The van der Waals surface area contributed by atoms with Crippen LogP contribution in [0.1, 0.15) is 36.7 Å². The molecule has 1 unspecified atom stereocenters. The summed E-state index contributed by atoms with van der Waals surface area (Å²) in [5.74, 6) is 0. The Morgan fingerprint density at radius 1 is 1.32 bits per heavy atom. The number of aromatic nitrogens is 2. The van der Waals surface area contributed by atoms with Crippen LogP contribution in [-0.4, -0.2) is 28.5 Å². The van der Waals surface area contributed by atoms with Gasteiger partial charge in [-0.25, -0.2) is 0 Å². The molecule has 0 aromatic carbocycles. The van der Waals surface area contributed by atoms with Crippen molar-refractivity contribution in [3.05, 3.63) is 17.0 Å². The third-order valence-electron chi connectivity index (χ3n) is 3.38. The van der Waals surface area contributed by atoms with Gasteiger partial charge in [0.05, 0.1) is 5.69 Å². The van der Waals surface area contributed by atoms with Crippen LogP contribution >= 0.6 is 0 Å². The first kappa shape index (κ1) is 16.0. The van der Waals surface area contributed by atoms with Crippen molar-refractivity contribution in [3.63, 3.8) is 0 Å². The highest BCUT2D eigenvalue weighted by molar-refractivity contribution is 5.25. The van der Waals surface area contributed by atoms with E-state index in [0.717, 1.165) is 17.0 Å². The molecule has 1 aromatic rings. The van der Waals surface area contributed by atoms with Gasteiger partial charge in [0.1, 0.15) is 0 Å². The number of hydrogen-bond donors (Lipinski definition) is 1. The predicted molar refractivity (Wildman–Crippen MR) is 69.1 cm³/mol. The zero-order chi connectivity index (χ0) is 14.6. The van der Waals surface area contributed by atoms with E-state index in [1.54, 1.807) is 4.68 Å². The topological polar surface area (TPSA) is 29.9 Å². The highest BCUT2D eigenvalue weighted by Crippen LogP contribution is 2.24. The molecule has 1 heterocycles. The molecule has 19 heavy (non-hydrogen) atoms. The summed E-state index contributed by atoms with van der Waals surface area (Å²) in [7, 11) is 1.85. The molecule has 3 nitrogen and oxygen atoms in total. The van der Waals surface area contributed by atoms with Gasteiger partial charge in [0, 0.05) is 25.2 Å². The van der Waals surface area contributed by atoms with Crippen LogP contribution in [0, 0.1) is 13.8 Å². The summed E-state index contributed by atoms with van der Waals surface area (Å²) in [6.45, 7) is 6.42. The fourth-order valence-electron chi connectivity index (χ4n) is 2.26. The molecule has 1 rings (SSSR count). The normalized spacial score (nSPS) is 13.8. The van der Waals surface area contributed by atoms with E-state index in [-0.39, 0.29) is 12.5 Å². The molecule has 0 fully saturated rings. The minimum absolute atomic E-state index is 0.102. The Kier molecular flexibility index (Phi) is 5.40. The second-order valence-corrected chi connectivity index (χ2v) is 4.89. The lowest BCUT2D eigenvalue weighted by atomic mass is 10.00. The molecule has 0 aliphatic carbocycles. The minimum Gasteiger partial charge on any atom is -0.314 e. The molecule has 0 amide bonds. The highest BCUT2D eigenvalue weighted by Gasteiger charge is 2.28. The number of alkyl halides is 3. The lowest BCUT2D eigenvalue weighted by Gasteiger charge is -2.19. The highest BCUT2D eigenvalue weighted by atomic mass is 19.4. The molecule has 1 N–H and O–H groups in total. The lowest BCUT2D eigenvalue weighted by molar-refractivity contribution is -0.136. The molecule has 6 heteroatoms. The monoisotopic (exact) mass is 277 g/mol. The van der Waals surface area contributed by atoms with Gasteiger partial charge >= 0.3 is 6.18 Å². The molecular formula is C13H22F3N3. The average Bonchev–Trinajstić information content (AvgIpc) is 2.52. The van der Waals surface area contributed by atoms with Gasteiger partial charge in [-0.15, -0.1) is 0 Å². The van der Waals surface area contributed by atoms with E-state index in [2.05, 4.69) is 10.4 Å². The first-order chi connectivity index (χ1) is 8.74. The first-order valence-corrected chi connectivity index (χ1v) is 6.53. The molecule has 1 aromatic heterocycles. The van der Waals surface area contributed by atoms with Crippen LogP contribution in [0.5, 0.6) is 0 Å². The molecule has 0 aliphatic rings. The van der Waals surface area contributed by atoms with Crippen LogP contribution < -0.4 is 5.32 Å². The first-order valence-electron chi connectivity index (χ1n) is 6.53. The Hall–Kier alpha value is -1.04. The van der Waals surface area contributed by atoms with Crippen molar-refractivity contribution in [1.29, 1.82) is 0 Å². The van der Waals surface area contributed by atoms with Crippen molar-refractivity contribution in [2.75, 3.05) is 6.54 Å². The van der Waals surface area contributed by atoms with Crippen LogP contribution in [-0.2, 0) is 13.5 Å². The number of halogens is 3. The zero-order valence-corrected chi connectivity index (χ0v) is 11.9. The summed E-state index contributed by atoms with van der Waals surface area (Å²) in [4.78, 5) is 0. The van der Waals surface area contributed by atoms with Gasteiger partial charge in [0.2, 0.25) is 0 Å². The summed E-state index contributed by atoms with van der Waals surface area (Å²) >= 11 is 0. The van der Waals surface area contributed by atoms with E-state index in [0.29, 0.717) is 13.0 Å². The second-order valence-electron chi connectivity index (χ2n) is 4.89. The molecule has 0 saturated carbocycles. The van der Waals surface area contributed by atoms with Gasteiger partial charge in [-0.05, 0) is 38.8 Å². The molecular weight excluding hydrogens is 255 g/mol. The maximum atomic E-state index is 12.3. The van der Waals surface area contributed by atoms with Gasteiger partial charge in [0.25, 0.3) is 0 Å². The van der Waals surface area contributed by atoms with Crippen molar-refractivity contribution >= 4 is 0 Å². The zero-order valence-electron chi connectivity index (χ0n) is 11.9. The van der Waals surface area contributed by atoms with E-state index in [1.165, 1.54) is 0 Å². The van der Waals surface area contributed by atoms with E-state index in [4.69, 9.17) is 0 Å². The number of likely N-dealkylation sites (N-methyl/N-ethyl adjacent to an activating group) is 1. The molecule has 0 spiro atoms. The number of hydrogen-bond acceptors (Lipinski definition) is 2. The summed E-state index contributed by atoms with van der Waals surface area (Å²) < 4.78 is 38.7. The van der Waals surface area contributed by atoms with Gasteiger partial charge in [-0.2, -0.15) is 18.3 Å². The van der Waals surface area contributed by atoms with Gasteiger partial charge in [-0.3, -0.25) is 4.68 Å². The van der Waals surface area contributed by atoms with Crippen molar-refractivity contribution in [1.82, 2.24) is 15.1 Å². The van der Waals surface area contributed by atoms with E-state index < -0.39 is 12.6 Å². The fraction of sp³-hybridized carbons (Fsp3) is 0.769. The second kappa shape index (κ2) is 6.41. The third kappa shape index (κ3) is 4.86. The molecule has 0 saturated heterocycles. The standard InChI is InChI=1S/C13H22F3N3/c1-5-17-11(6-7-13(14,15)16)8-12-9(2)18-19(4)10(12)3/h11,17H,5-8H2,1-4H3. The van der Waals surface area contributed by atoms with Crippen LogP contribution in [0.4, 0.5) is 13.2 Å². The lowest BCUT2D eigenvalue weighted by Crippen LogP contribution is -2.32. The van der Waals surface area contributed by atoms with Crippen LogP contribution in [0.2, 0.25) is 0 Å². The molecule has 1 atom stereocenters. The van der Waals surface area contributed by atoms with Gasteiger partial charge in [0.15, 0.2) is 0 Å². The van der Waals surface area contributed by atoms with Crippen molar-refractivity contribution in [2.24, 2.45) is 7.05 Å². The smallest absolute Gasteiger partial charge is 0.314 e. The molecule has 0 aliphatic heterocycles. The van der Waals surface area contributed by atoms with Crippen LogP contribution in [0.3, 0.4) is 0 Å². The Balaban J connectivity index is 2.72. The van der Waals surface area contributed by atoms with Crippen molar-refractivity contribution in [3.8, 4) is 0 Å². The number of nitrogens with zero attached hydrogens (tertiary/aromatic N) is 2. The van der Waals surface area contributed by atoms with Gasteiger partial charge < -0.3 is 5.32 Å². The molecule has 0 bridgehead atoms. The average molecular weight is 277 g/mol. The Bertz CT molecular complexity index is 410. The SMILES string of the molecule is CCNC(CCC(F)(F)F)Cc1c(C)nn(C)c1C. The van der Waals surface area contributed by atoms with E-state index in [9.17, 15) is 13.2 Å². The van der Waals surface area contributed by atoms with Crippen LogP contribution in [0.25, 0.3) is 0 Å². The maximum Gasteiger partial charge on any atom is 0.389 e. The number of aryl methyl sites for hydroxylation is 2. The molecule has 110 valence electrons. The summed E-state index contributed by atoms with van der Waals surface area (Å²) in [5.41, 5.74) is 2.97. The van der Waals surface area contributed by atoms with Gasteiger partial charge in [-0.1, -0.05) is 6.92 Å².